The lowest BCUT2D eigenvalue weighted by atomic mass is 10.0. The number of nitrogens with zero attached hydrogens (tertiary/aromatic N) is 1. The van der Waals surface area contributed by atoms with E-state index in [2.05, 4.69) is 18.7 Å². The number of ether oxygens (including phenoxy) is 1. The van der Waals surface area contributed by atoms with E-state index >= 15 is 0 Å². The van der Waals surface area contributed by atoms with Crippen molar-refractivity contribution < 1.29 is 4.74 Å². The predicted molar refractivity (Wildman–Crippen MR) is 74.3 cm³/mol. The van der Waals surface area contributed by atoms with Gasteiger partial charge in [0.1, 0.15) is 5.75 Å². The number of benzene rings is 1. The maximum absolute atomic E-state index is 6.17. The molecule has 0 amide bonds. The van der Waals surface area contributed by atoms with Crippen LogP contribution in [-0.2, 0) is 0 Å². The lowest BCUT2D eigenvalue weighted by molar-refractivity contribution is 0.408. The van der Waals surface area contributed by atoms with E-state index in [-0.39, 0.29) is 5.54 Å². The molecule has 1 aromatic rings. The molecule has 0 atom stereocenters. The second kappa shape index (κ2) is 5.15. The average Bonchev–Trinajstić information content (AvgIpc) is 2.31. The molecule has 0 saturated heterocycles. The first-order valence-corrected chi connectivity index (χ1v) is 5.99. The summed E-state index contributed by atoms with van der Waals surface area (Å²) in [7, 11) is 3.66. The van der Waals surface area contributed by atoms with Crippen molar-refractivity contribution in [2.45, 2.75) is 26.3 Å². The van der Waals surface area contributed by atoms with Crippen LogP contribution in [0.4, 0.5) is 5.69 Å². The average molecular weight is 257 g/mol. The van der Waals surface area contributed by atoms with E-state index in [9.17, 15) is 0 Å². The van der Waals surface area contributed by atoms with Crippen molar-refractivity contribution in [3.05, 3.63) is 22.7 Å². The number of hydrogen-bond donors (Lipinski definition) is 1. The van der Waals surface area contributed by atoms with Crippen LogP contribution in [-0.4, -0.2) is 26.2 Å². The third-order valence-corrected chi connectivity index (χ3v) is 3.64. The lowest BCUT2D eigenvalue weighted by Crippen LogP contribution is -2.47. The Morgan fingerprint density at radius 1 is 1.41 bits per heavy atom. The van der Waals surface area contributed by atoms with Crippen LogP contribution in [0.2, 0.25) is 5.02 Å². The summed E-state index contributed by atoms with van der Waals surface area (Å²) in [5.74, 6) is 0.816. The number of rotatable bonds is 4. The van der Waals surface area contributed by atoms with Crippen LogP contribution in [0.5, 0.6) is 5.75 Å². The van der Waals surface area contributed by atoms with Gasteiger partial charge in [-0.25, -0.2) is 0 Å². The first-order valence-electron chi connectivity index (χ1n) is 5.61. The Hall–Kier alpha value is -0.930. The van der Waals surface area contributed by atoms with Crippen LogP contribution in [0.25, 0.3) is 0 Å². The molecular weight excluding hydrogens is 236 g/mol. The monoisotopic (exact) mass is 256 g/mol. The molecule has 0 heterocycles. The van der Waals surface area contributed by atoms with E-state index in [0.717, 1.165) is 22.0 Å². The molecule has 0 radical (unpaired) electrons. The number of hydrogen-bond acceptors (Lipinski definition) is 3. The van der Waals surface area contributed by atoms with Gasteiger partial charge >= 0.3 is 0 Å². The van der Waals surface area contributed by atoms with Crippen molar-refractivity contribution >= 4 is 17.3 Å². The molecule has 0 unspecified atom stereocenters. The summed E-state index contributed by atoms with van der Waals surface area (Å²) in [6, 6.07) is 3.87. The molecule has 0 spiro atoms. The van der Waals surface area contributed by atoms with Gasteiger partial charge < -0.3 is 15.4 Å². The molecule has 0 aromatic heterocycles. The highest BCUT2D eigenvalue weighted by atomic mass is 35.5. The molecule has 4 heteroatoms. The summed E-state index contributed by atoms with van der Waals surface area (Å²) in [6.07, 6.45) is 0. The minimum absolute atomic E-state index is 0.147. The lowest BCUT2D eigenvalue weighted by Gasteiger charge is -2.37. The van der Waals surface area contributed by atoms with Crippen LogP contribution < -0.4 is 15.4 Å². The zero-order valence-corrected chi connectivity index (χ0v) is 11.9. The van der Waals surface area contributed by atoms with Crippen molar-refractivity contribution in [2.75, 3.05) is 25.6 Å². The smallest absolute Gasteiger partial charge is 0.142 e. The minimum Gasteiger partial charge on any atom is -0.495 e. The maximum atomic E-state index is 6.17. The first kappa shape index (κ1) is 14.1. The van der Waals surface area contributed by atoms with Gasteiger partial charge in [-0.05, 0) is 38.5 Å². The molecule has 0 aliphatic rings. The normalized spacial score (nSPS) is 11.5. The number of halogens is 1. The third kappa shape index (κ3) is 2.85. The molecule has 1 rings (SSSR count). The standard InChI is InChI=1S/C13H21ClN2O/c1-9-6-12(17-5)11(7-10(9)14)16(4)13(2,3)8-15/h6-7H,8,15H2,1-5H3. The largest absolute Gasteiger partial charge is 0.495 e. The minimum atomic E-state index is -0.147. The molecule has 17 heavy (non-hydrogen) atoms. The Bertz CT molecular complexity index is 405. The van der Waals surface area contributed by atoms with Crippen LogP contribution in [0, 0.1) is 6.92 Å². The quantitative estimate of drug-likeness (QED) is 0.900. The summed E-state index contributed by atoms with van der Waals surface area (Å²) in [5.41, 5.74) is 7.60. The molecule has 0 aliphatic heterocycles. The Balaban J connectivity index is 3.25. The van der Waals surface area contributed by atoms with Crippen molar-refractivity contribution in [1.82, 2.24) is 0 Å². The fourth-order valence-corrected chi connectivity index (χ4v) is 1.69. The number of aryl methyl sites for hydroxylation is 1. The second-order valence-corrected chi connectivity index (χ2v) is 5.26. The van der Waals surface area contributed by atoms with Crippen molar-refractivity contribution in [3.8, 4) is 5.75 Å². The van der Waals surface area contributed by atoms with Crippen molar-refractivity contribution in [2.24, 2.45) is 5.73 Å². The van der Waals surface area contributed by atoms with Gasteiger partial charge in [0.2, 0.25) is 0 Å². The Kier molecular flexibility index (Phi) is 4.28. The molecular formula is C13H21ClN2O. The summed E-state index contributed by atoms with van der Waals surface area (Å²) >= 11 is 6.17. The third-order valence-electron chi connectivity index (χ3n) is 3.23. The summed E-state index contributed by atoms with van der Waals surface area (Å²) in [6.45, 7) is 6.68. The summed E-state index contributed by atoms with van der Waals surface area (Å²) in [4.78, 5) is 2.09. The van der Waals surface area contributed by atoms with Crippen molar-refractivity contribution in [1.29, 1.82) is 0 Å². The SMILES string of the molecule is COc1cc(C)c(Cl)cc1N(C)C(C)(C)CN. The second-order valence-electron chi connectivity index (χ2n) is 4.85. The highest BCUT2D eigenvalue weighted by Crippen LogP contribution is 2.35. The number of methoxy groups -OCH3 is 1. The predicted octanol–water partition coefficient (Wildman–Crippen LogP) is 2.83. The zero-order chi connectivity index (χ0) is 13.2. The van der Waals surface area contributed by atoms with E-state index in [4.69, 9.17) is 22.1 Å². The van der Waals surface area contributed by atoms with Crippen LogP contribution in [0.15, 0.2) is 12.1 Å². The van der Waals surface area contributed by atoms with Crippen LogP contribution >= 0.6 is 11.6 Å². The molecule has 96 valence electrons. The zero-order valence-electron chi connectivity index (χ0n) is 11.2. The summed E-state index contributed by atoms with van der Waals surface area (Å²) < 4.78 is 5.40. The summed E-state index contributed by atoms with van der Waals surface area (Å²) in [5, 5.41) is 0.737. The van der Waals surface area contributed by atoms with Crippen LogP contribution in [0.1, 0.15) is 19.4 Å². The molecule has 0 aliphatic carbocycles. The highest BCUT2D eigenvalue weighted by molar-refractivity contribution is 6.31. The van der Waals surface area contributed by atoms with E-state index < -0.39 is 0 Å². The topological polar surface area (TPSA) is 38.5 Å². The van der Waals surface area contributed by atoms with Crippen molar-refractivity contribution in [3.63, 3.8) is 0 Å². The Morgan fingerprint density at radius 3 is 2.47 bits per heavy atom. The van der Waals surface area contributed by atoms with Gasteiger partial charge in [0.15, 0.2) is 0 Å². The van der Waals surface area contributed by atoms with E-state index in [1.165, 1.54) is 0 Å². The molecule has 2 N–H and O–H groups in total. The van der Waals surface area contributed by atoms with E-state index in [0.29, 0.717) is 6.54 Å². The Labute approximate surface area is 109 Å². The van der Waals surface area contributed by atoms with Gasteiger partial charge in [-0.3, -0.25) is 0 Å². The Morgan fingerprint density at radius 2 is 2.00 bits per heavy atom. The fourth-order valence-electron chi connectivity index (χ4n) is 1.53. The maximum Gasteiger partial charge on any atom is 0.142 e. The van der Waals surface area contributed by atoms with Crippen LogP contribution in [0.3, 0.4) is 0 Å². The van der Waals surface area contributed by atoms with Gasteiger partial charge in [0.25, 0.3) is 0 Å². The number of nitrogens with two attached hydrogens (primary N) is 1. The van der Waals surface area contributed by atoms with E-state index in [1.807, 2.05) is 26.1 Å². The van der Waals surface area contributed by atoms with Gasteiger partial charge in [-0.1, -0.05) is 11.6 Å². The van der Waals surface area contributed by atoms with Gasteiger partial charge in [0.05, 0.1) is 12.8 Å². The van der Waals surface area contributed by atoms with Gasteiger partial charge in [-0.15, -0.1) is 0 Å². The van der Waals surface area contributed by atoms with Gasteiger partial charge in [-0.2, -0.15) is 0 Å². The highest BCUT2D eigenvalue weighted by Gasteiger charge is 2.24. The molecule has 1 aromatic carbocycles. The molecule has 0 fully saturated rings. The van der Waals surface area contributed by atoms with Gasteiger partial charge in [0, 0.05) is 24.2 Å². The number of anilines is 1. The van der Waals surface area contributed by atoms with E-state index in [1.54, 1.807) is 7.11 Å². The molecule has 0 saturated carbocycles. The molecule has 3 nitrogen and oxygen atoms in total. The molecule has 0 bridgehead atoms. The first-order chi connectivity index (χ1) is 7.83. The fraction of sp³-hybridized carbons (Fsp3) is 0.538. The number of likely N-dealkylation sites (N-methyl/N-ethyl adjacent to an activating group) is 1.